The van der Waals surface area contributed by atoms with Crippen LogP contribution in [0.5, 0.6) is 0 Å². The summed E-state index contributed by atoms with van der Waals surface area (Å²) in [7, 11) is -5.76. The number of carbonyl (C=O) groups is 1. The molecule has 1 heterocycles. The van der Waals surface area contributed by atoms with E-state index in [1.54, 1.807) is 0 Å². The van der Waals surface area contributed by atoms with E-state index in [-0.39, 0.29) is 17.0 Å². The van der Waals surface area contributed by atoms with Crippen LogP contribution >= 0.6 is 0 Å². The number of benzene rings is 1. The zero-order valence-corrected chi connectivity index (χ0v) is 27.2. The third-order valence-corrected chi connectivity index (χ3v) is 19.1. The molecule has 35 heavy (non-hydrogen) atoms. The molecule has 0 unspecified atom stereocenters. The summed E-state index contributed by atoms with van der Waals surface area (Å²) in [5, 5.41) is 0.0481. The Labute approximate surface area is 219 Å². The second kappa shape index (κ2) is 10.9. The van der Waals surface area contributed by atoms with Gasteiger partial charge in [0.25, 0.3) is 0 Å². The Balaban J connectivity index is 2.69. The summed E-state index contributed by atoms with van der Waals surface area (Å²) in [5.41, 5.74) is 3.80. The van der Waals surface area contributed by atoms with Crippen molar-refractivity contribution in [2.75, 3.05) is 0 Å². The molecule has 1 aliphatic heterocycles. The first-order valence-corrected chi connectivity index (χ1v) is 22.3. The lowest BCUT2D eigenvalue weighted by Crippen LogP contribution is -2.82. The third kappa shape index (κ3) is 6.30. The number of rotatable bonds is 9. The molecule has 0 saturated carbocycles. The summed E-state index contributed by atoms with van der Waals surface area (Å²) in [6.45, 7) is 25.0. The van der Waals surface area contributed by atoms with Gasteiger partial charge in [-0.15, -0.1) is 11.5 Å². The van der Waals surface area contributed by atoms with Crippen molar-refractivity contribution in [3.8, 4) is 11.5 Å². The molecule has 0 spiro atoms. The van der Waals surface area contributed by atoms with Gasteiger partial charge in [0.05, 0.1) is 6.04 Å². The summed E-state index contributed by atoms with van der Waals surface area (Å²) in [6.07, 6.45) is 4.90. The van der Waals surface area contributed by atoms with Crippen molar-refractivity contribution in [1.82, 2.24) is 4.57 Å². The number of β-lactam (4-membered cyclic amide) rings is 1. The lowest BCUT2D eigenvalue weighted by Gasteiger charge is -2.64. The van der Waals surface area contributed by atoms with Crippen LogP contribution in [-0.2, 0) is 9.22 Å². The van der Waals surface area contributed by atoms with Crippen LogP contribution in [0.1, 0.15) is 53.5 Å². The minimum Gasteiger partial charge on any atom is -0.400 e. The standard InChI is InChI=1S/C29H49NO2Si3/c1-12-35(13-2,14-3)32-29(23-18-24-33(7,8)9)26(22-21-25-19-16-15-17-20-25)30(27(29)31)34(10,11)28(4,5)6/h15-17,19-22,26H,12-14,23H2,1-11H3/b22-21+/t26-,29+/m0/s1. The predicted molar refractivity (Wildman–Crippen MR) is 160 cm³/mol. The number of nitrogens with zero attached hydrogens (tertiary/aromatic N) is 1. The van der Waals surface area contributed by atoms with Crippen LogP contribution < -0.4 is 0 Å². The molecule has 0 aliphatic carbocycles. The fourth-order valence-corrected chi connectivity index (χ4v) is 10.7. The highest BCUT2D eigenvalue weighted by Crippen LogP contribution is 2.50. The van der Waals surface area contributed by atoms with Gasteiger partial charge < -0.3 is 8.99 Å². The normalized spacial score (nSPS) is 21.6. The molecule has 1 aliphatic rings. The molecule has 1 aromatic carbocycles. The minimum atomic E-state index is -2.13. The SMILES string of the molecule is CC[Si](CC)(CC)O[C@@]1(CC#C[Si](C)(C)C)C(=O)N([Si](C)(C)C(C)(C)C)[C@H]1/C=C/c1ccccc1. The molecule has 194 valence electrons. The molecular weight excluding hydrogens is 479 g/mol. The second-order valence-corrected chi connectivity index (χ2v) is 27.2. The van der Waals surface area contributed by atoms with Gasteiger partial charge in [-0.05, 0) is 28.7 Å². The van der Waals surface area contributed by atoms with E-state index in [9.17, 15) is 4.79 Å². The van der Waals surface area contributed by atoms with E-state index in [0.717, 1.165) is 23.7 Å². The van der Waals surface area contributed by atoms with Crippen molar-refractivity contribution >= 4 is 36.6 Å². The van der Waals surface area contributed by atoms with Crippen LogP contribution in [0, 0.1) is 11.5 Å². The Morgan fingerprint density at radius 1 is 1.00 bits per heavy atom. The Morgan fingerprint density at radius 3 is 2.00 bits per heavy atom. The molecule has 1 fully saturated rings. The Bertz CT molecular complexity index is 951. The molecule has 2 atom stereocenters. The molecule has 0 bridgehead atoms. The van der Waals surface area contributed by atoms with E-state index in [1.165, 1.54) is 0 Å². The monoisotopic (exact) mass is 527 g/mol. The van der Waals surface area contributed by atoms with E-state index in [0.29, 0.717) is 6.42 Å². The lowest BCUT2D eigenvalue weighted by molar-refractivity contribution is -0.170. The van der Waals surface area contributed by atoms with Crippen LogP contribution in [-0.4, -0.2) is 46.7 Å². The summed E-state index contributed by atoms with van der Waals surface area (Å²) >= 11 is 0. The van der Waals surface area contributed by atoms with Crippen LogP contribution in [0.3, 0.4) is 0 Å². The average Bonchev–Trinajstić information content (AvgIpc) is 2.78. The first-order chi connectivity index (χ1) is 16.1. The van der Waals surface area contributed by atoms with E-state index in [1.807, 2.05) is 6.07 Å². The zero-order chi connectivity index (χ0) is 26.7. The molecule has 0 radical (unpaired) electrons. The van der Waals surface area contributed by atoms with Crippen molar-refractivity contribution in [3.63, 3.8) is 0 Å². The molecule has 0 N–H and O–H groups in total. The fourth-order valence-electron chi connectivity index (χ4n) is 4.68. The van der Waals surface area contributed by atoms with Crippen LogP contribution in [0.4, 0.5) is 0 Å². The van der Waals surface area contributed by atoms with Gasteiger partial charge in [0.2, 0.25) is 5.91 Å². The largest absolute Gasteiger partial charge is 0.400 e. The van der Waals surface area contributed by atoms with Crippen LogP contribution in [0.15, 0.2) is 36.4 Å². The first kappa shape index (κ1) is 29.8. The van der Waals surface area contributed by atoms with Crippen LogP contribution in [0.25, 0.3) is 6.08 Å². The molecule has 6 heteroatoms. The number of carbonyl (C=O) groups excluding carboxylic acids is 1. The van der Waals surface area contributed by atoms with Gasteiger partial charge in [0, 0.05) is 6.42 Å². The zero-order valence-electron chi connectivity index (χ0n) is 24.2. The highest BCUT2D eigenvalue weighted by atomic mass is 28.4. The summed E-state index contributed by atoms with van der Waals surface area (Å²) in [5.74, 6) is 3.65. The predicted octanol–water partition coefficient (Wildman–Crippen LogP) is 7.95. The van der Waals surface area contributed by atoms with Crippen molar-refractivity contribution in [1.29, 1.82) is 0 Å². The van der Waals surface area contributed by atoms with Crippen molar-refractivity contribution in [2.24, 2.45) is 0 Å². The molecule has 2 rings (SSSR count). The van der Waals surface area contributed by atoms with Crippen molar-refractivity contribution < 1.29 is 9.22 Å². The van der Waals surface area contributed by atoms with Gasteiger partial charge in [0.1, 0.15) is 8.07 Å². The van der Waals surface area contributed by atoms with Gasteiger partial charge >= 0.3 is 0 Å². The molecule has 3 nitrogen and oxygen atoms in total. The molecule has 1 aromatic rings. The fraction of sp³-hybridized carbons (Fsp3) is 0.621. The second-order valence-electron chi connectivity index (χ2n) is 12.7. The quantitative estimate of drug-likeness (QED) is 0.185. The van der Waals surface area contributed by atoms with Crippen molar-refractivity contribution in [2.45, 2.75) is 116 Å². The minimum absolute atomic E-state index is 0.0481. The van der Waals surface area contributed by atoms with E-state index >= 15 is 0 Å². The third-order valence-electron chi connectivity index (χ3n) is 8.19. The Morgan fingerprint density at radius 2 is 1.54 bits per heavy atom. The smallest absolute Gasteiger partial charge is 0.249 e. The van der Waals surface area contributed by atoms with E-state index in [2.05, 4.69) is 127 Å². The maximum atomic E-state index is 14.3. The highest BCUT2D eigenvalue weighted by Gasteiger charge is 2.67. The lowest BCUT2D eigenvalue weighted by atomic mass is 9.81. The van der Waals surface area contributed by atoms with Crippen LogP contribution in [0.2, 0.25) is 55.9 Å². The summed E-state index contributed by atoms with van der Waals surface area (Å²) in [4.78, 5) is 14.3. The van der Waals surface area contributed by atoms with Gasteiger partial charge in [-0.2, -0.15) is 0 Å². The topological polar surface area (TPSA) is 29.5 Å². The molecule has 0 aromatic heterocycles. The Hall–Kier alpha value is -1.40. The molecule has 1 amide bonds. The first-order valence-electron chi connectivity index (χ1n) is 13.4. The van der Waals surface area contributed by atoms with Gasteiger partial charge in [0.15, 0.2) is 22.2 Å². The molecule has 1 saturated heterocycles. The number of hydrogen-bond donors (Lipinski definition) is 0. The number of hydrogen-bond acceptors (Lipinski definition) is 2. The summed E-state index contributed by atoms with van der Waals surface area (Å²) in [6, 6.07) is 13.4. The number of amides is 1. The van der Waals surface area contributed by atoms with Gasteiger partial charge in [-0.25, -0.2) is 0 Å². The highest BCUT2D eigenvalue weighted by molar-refractivity contribution is 6.84. The summed E-state index contributed by atoms with van der Waals surface area (Å²) < 4.78 is 9.43. The van der Waals surface area contributed by atoms with Gasteiger partial charge in [-0.3, -0.25) is 4.79 Å². The average molecular weight is 528 g/mol. The van der Waals surface area contributed by atoms with Gasteiger partial charge in [-0.1, -0.05) is 117 Å². The maximum Gasteiger partial charge on any atom is 0.249 e. The molecular formula is C29H49NO2Si3. The van der Waals surface area contributed by atoms with Crippen molar-refractivity contribution in [3.05, 3.63) is 42.0 Å². The van der Waals surface area contributed by atoms with E-state index < -0.39 is 30.2 Å². The van der Waals surface area contributed by atoms with E-state index in [4.69, 9.17) is 4.43 Å². The maximum absolute atomic E-state index is 14.3. The Kier molecular flexibility index (Phi) is 9.31.